The van der Waals surface area contributed by atoms with Crippen LogP contribution in [0.5, 0.6) is 0 Å². The number of carbonyl (C=O) groups excluding carboxylic acids is 1. The van der Waals surface area contributed by atoms with E-state index in [1.165, 1.54) is 6.07 Å². The average molecular weight is 330 g/mol. The Bertz CT molecular complexity index is 596. The summed E-state index contributed by atoms with van der Waals surface area (Å²) in [5.74, 6) is -2.64. The Morgan fingerprint density at radius 1 is 0.957 bits per heavy atom. The lowest BCUT2D eigenvalue weighted by molar-refractivity contribution is 0.0631. The minimum Gasteiger partial charge on any atom is -0.475 e. The first kappa shape index (κ1) is 22.0. The highest BCUT2D eigenvalue weighted by Crippen LogP contribution is 2.07. The summed E-state index contributed by atoms with van der Waals surface area (Å²) in [5, 5.41) is 25.0. The SMILES string of the molecule is C.O=C(O)c1ccc(C(=O)O)o1.O=Cc1ccc(CO)o1.O=O. The van der Waals surface area contributed by atoms with E-state index >= 15 is 0 Å². The molecule has 0 unspecified atom stereocenters. The van der Waals surface area contributed by atoms with E-state index < -0.39 is 11.9 Å². The maximum atomic E-state index is 10.2. The van der Waals surface area contributed by atoms with Crippen molar-refractivity contribution < 1.29 is 38.5 Å². The number of aliphatic hydroxyl groups excluding tert-OH is 1. The monoisotopic (exact) mass is 330 g/mol. The average Bonchev–Trinajstić information content (AvgIpc) is 3.19. The molecule has 10 nitrogen and oxygen atoms in total. The zero-order chi connectivity index (χ0) is 17.1. The second kappa shape index (κ2) is 11.4. The maximum absolute atomic E-state index is 10.2. The number of aldehydes is 1. The Morgan fingerprint density at radius 3 is 1.65 bits per heavy atom. The first-order valence-electron chi connectivity index (χ1n) is 5.35. The van der Waals surface area contributed by atoms with E-state index in [-0.39, 0.29) is 31.3 Å². The summed E-state index contributed by atoms with van der Waals surface area (Å²) in [7, 11) is 0. The molecule has 2 heterocycles. The molecule has 0 aromatic carbocycles. The lowest BCUT2D eigenvalue weighted by Crippen LogP contribution is -1.94. The van der Waals surface area contributed by atoms with Gasteiger partial charge in [0, 0.05) is 9.93 Å². The summed E-state index contributed by atoms with van der Waals surface area (Å²) in [6, 6.07) is 5.25. The Labute approximate surface area is 129 Å². The van der Waals surface area contributed by atoms with E-state index in [1.54, 1.807) is 6.07 Å². The van der Waals surface area contributed by atoms with Crippen LogP contribution in [0.4, 0.5) is 0 Å². The molecule has 0 saturated heterocycles. The van der Waals surface area contributed by atoms with E-state index in [0.29, 0.717) is 12.0 Å². The summed E-state index contributed by atoms with van der Waals surface area (Å²) in [5.41, 5.74) is 0. The molecule has 2 aromatic rings. The van der Waals surface area contributed by atoms with Gasteiger partial charge in [-0.05, 0) is 24.3 Å². The van der Waals surface area contributed by atoms with Crippen LogP contribution in [0, 0.1) is 9.93 Å². The van der Waals surface area contributed by atoms with Crippen molar-refractivity contribution in [3.63, 3.8) is 0 Å². The largest absolute Gasteiger partial charge is 0.475 e. The van der Waals surface area contributed by atoms with Crippen molar-refractivity contribution in [1.29, 1.82) is 0 Å². The van der Waals surface area contributed by atoms with Crippen LogP contribution in [0.25, 0.3) is 0 Å². The van der Waals surface area contributed by atoms with Crippen LogP contribution in [0.2, 0.25) is 0 Å². The zero-order valence-electron chi connectivity index (χ0n) is 10.8. The van der Waals surface area contributed by atoms with Crippen molar-refractivity contribution in [3.8, 4) is 0 Å². The smallest absolute Gasteiger partial charge is 0.371 e. The molecule has 0 saturated carbocycles. The van der Waals surface area contributed by atoms with Gasteiger partial charge in [-0.3, -0.25) is 4.79 Å². The number of carbonyl (C=O) groups is 3. The van der Waals surface area contributed by atoms with Crippen LogP contribution >= 0.6 is 0 Å². The van der Waals surface area contributed by atoms with Crippen LogP contribution in [0.1, 0.15) is 44.9 Å². The third-order valence-corrected chi connectivity index (χ3v) is 1.98. The highest BCUT2D eigenvalue weighted by Gasteiger charge is 2.12. The number of hydrogen-bond acceptors (Lipinski definition) is 8. The number of carboxylic acid groups (broad SMARTS) is 2. The predicted octanol–water partition coefficient (Wildman–Crippen LogP) is 1.96. The molecule has 2 aromatic heterocycles. The molecular weight excluding hydrogens is 316 g/mol. The molecule has 3 N–H and O–H groups in total. The first-order valence-corrected chi connectivity index (χ1v) is 5.35. The van der Waals surface area contributed by atoms with Gasteiger partial charge in [0.05, 0.1) is 0 Å². The third-order valence-electron chi connectivity index (χ3n) is 1.98. The van der Waals surface area contributed by atoms with Gasteiger partial charge in [-0.1, -0.05) is 7.43 Å². The summed E-state index contributed by atoms with van der Waals surface area (Å²) < 4.78 is 9.17. The highest BCUT2D eigenvalue weighted by atomic mass is 16.7. The fraction of sp³-hybridized carbons (Fsp3) is 0.154. The molecule has 0 atom stereocenters. The van der Waals surface area contributed by atoms with E-state index in [9.17, 15) is 14.4 Å². The lowest BCUT2D eigenvalue weighted by Gasteiger charge is -1.84. The Morgan fingerprint density at radius 2 is 1.43 bits per heavy atom. The van der Waals surface area contributed by atoms with E-state index in [2.05, 4.69) is 4.42 Å². The van der Waals surface area contributed by atoms with Gasteiger partial charge in [-0.15, -0.1) is 0 Å². The van der Waals surface area contributed by atoms with Crippen molar-refractivity contribution in [2.24, 2.45) is 0 Å². The zero-order valence-corrected chi connectivity index (χ0v) is 10.8. The maximum Gasteiger partial charge on any atom is 0.371 e. The fourth-order valence-electron chi connectivity index (χ4n) is 1.11. The van der Waals surface area contributed by atoms with Gasteiger partial charge >= 0.3 is 11.9 Å². The molecule has 2 rings (SSSR count). The van der Waals surface area contributed by atoms with Crippen molar-refractivity contribution >= 4 is 18.2 Å². The Balaban J connectivity index is 0. The topological polar surface area (TPSA) is 172 Å². The molecular formula is C13H14O10. The quantitative estimate of drug-likeness (QED) is 0.703. The van der Waals surface area contributed by atoms with Gasteiger partial charge in [0.2, 0.25) is 11.5 Å². The van der Waals surface area contributed by atoms with E-state index in [0.717, 1.165) is 12.1 Å². The van der Waals surface area contributed by atoms with Crippen molar-refractivity contribution in [1.82, 2.24) is 0 Å². The van der Waals surface area contributed by atoms with Crippen molar-refractivity contribution in [2.45, 2.75) is 14.0 Å². The molecule has 0 bridgehead atoms. The molecule has 126 valence electrons. The second-order valence-corrected chi connectivity index (χ2v) is 3.35. The van der Waals surface area contributed by atoms with Crippen molar-refractivity contribution in [2.75, 3.05) is 0 Å². The molecule has 0 fully saturated rings. The molecule has 0 aliphatic carbocycles. The molecule has 23 heavy (non-hydrogen) atoms. The lowest BCUT2D eigenvalue weighted by atomic mass is 10.4. The summed E-state index contributed by atoms with van der Waals surface area (Å²) in [6.45, 7) is -0.159. The van der Waals surface area contributed by atoms with Gasteiger partial charge in [0.1, 0.15) is 12.4 Å². The highest BCUT2D eigenvalue weighted by molar-refractivity contribution is 5.88. The third kappa shape index (κ3) is 7.34. The predicted molar refractivity (Wildman–Crippen MR) is 76.1 cm³/mol. The number of hydrogen-bond donors (Lipinski definition) is 3. The number of furan rings is 2. The van der Waals surface area contributed by atoms with Crippen LogP contribution in [-0.2, 0) is 6.61 Å². The molecule has 10 heteroatoms. The number of carboxylic acids is 2. The van der Waals surface area contributed by atoms with Crippen LogP contribution in [-0.4, -0.2) is 33.5 Å². The second-order valence-electron chi connectivity index (χ2n) is 3.35. The minimum atomic E-state index is -1.28. The Hall–Kier alpha value is -3.27. The van der Waals surface area contributed by atoms with Crippen LogP contribution in [0.3, 0.4) is 0 Å². The summed E-state index contributed by atoms with van der Waals surface area (Å²) >= 11 is 0. The summed E-state index contributed by atoms with van der Waals surface area (Å²) in [4.78, 5) is 44.3. The number of rotatable bonds is 4. The molecule has 0 radical (unpaired) electrons. The fourth-order valence-corrected chi connectivity index (χ4v) is 1.11. The molecule has 0 spiro atoms. The van der Waals surface area contributed by atoms with Gasteiger partial charge in [0.25, 0.3) is 0 Å². The van der Waals surface area contributed by atoms with E-state index in [1.807, 2.05) is 0 Å². The van der Waals surface area contributed by atoms with Crippen LogP contribution in [0.15, 0.2) is 33.1 Å². The number of aliphatic hydroxyl groups is 1. The molecule has 0 aliphatic rings. The Kier molecular flexibility index (Phi) is 10.9. The minimum absolute atomic E-state index is 0. The standard InChI is InChI=1S/C6H4O5.C6H6O3.CH4.O2/c7-5(8)3-1-2-4(11-3)6(9)10;7-3-5-1-2-6(4-8)9-5;;1-2/h1-2H,(H,7,8)(H,9,10);1-3,8H,4H2;1H4;. The molecule has 0 amide bonds. The van der Waals surface area contributed by atoms with Gasteiger partial charge in [0.15, 0.2) is 12.0 Å². The summed E-state index contributed by atoms with van der Waals surface area (Å²) in [6.07, 6.45) is 0.596. The van der Waals surface area contributed by atoms with Gasteiger partial charge in [-0.25, -0.2) is 9.59 Å². The normalized spacial score (nSPS) is 8.39. The van der Waals surface area contributed by atoms with Crippen molar-refractivity contribution in [3.05, 3.63) is 57.2 Å². The van der Waals surface area contributed by atoms with Gasteiger partial charge < -0.3 is 24.2 Å². The van der Waals surface area contributed by atoms with Crippen LogP contribution < -0.4 is 0 Å². The number of aromatic carboxylic acids is 2. The van der Waals surface area contributed by atoms with E-state index in [4.69, 9.17) is 29.7 Å². The molecule has 0 aliphatic heterocycles. The first-order chi connectivity index (χ1) is 10.5. The van der Waals surface area contributed by atoms with Gasteiger partial charge in [-0.2, -0.15) is 0 Å².